The molecule has 0 saturated heterocycles. The summed E-state index contributed by atoms with van der Waals surface area (Å²) in [4.78, 5) is 12.2. The third-order valence-corrected chi connectivity index (χ3v) is 6.92. The maximum Gasteiger partial charge on any atom is 0.338 e. The fraction of sp³-hybridized carbons (Fsp3) is 0.435. The highest BCUT2D eigenvalue weighted by atomic mass is 32.2. The van der Waals surface area contributed by atoms with E-state index in [9.17, 15) is 13.2 Å². The summed E-state index contributed by atoms with van der Waals surface area (Å²) in [5.41, 5.74) is 3.66. The lowest BCUT2D eigenvalue weighted by atomic mass is 9.90. The van der Waals surface area contributed by atoms with Gasteiger partial charge in [-0.15, -0.1) is 0 Å². The van der Waals surface area contributed by atoms with Gasteiger partial charge in [0, 0.05) is 6.54 Å². The van der Waals surface area contributed by atoms with Crippen LogP contribution >= 0.6 is 0 Å². The molecule has 0 amide bonds. The topological polar surface area (TPSA) is 72.5 Å². The Kier molecular flexibility index (Phi) is 7.09. The van der Waals surface area contributed by atoms with Crippen LogP contribution in [0.1, 0.15) is 53.6 Å². The molecular weight excluding hydrogens is 386 g/mol. The number of rotatable bonds is 7. The van der Waals surface area contributed by atoms with Gasteiger partial charge in [-0.05, 0) is 60.1 Å². The molecule has 156 valence electrons. The highest BCUT2D eigenvalue weighted by Gasteiger charge is 2.20. The molecule has 5 nitrogen and oxygen atoms in total. The van der Waals surface area contributed by atoms with Crippen molar-refractivity contribution >= 4 is 16.0 Å². The summed E-state index contributed by atoms with van der Waals surface area (Å²) >= 11 is 0. The molecule has 29 heavy (non-hydrogen) atoms. The van der Waals surface area contributed by atoms with Gasteiger partial charge in [0.15, 0.2) is 0 Å². The largest absolute Gasteiger partial charge is 0.465 e. The number of ether oxygens (including phenoxy) is 1. The fourth-order valence-electron chi connectivity index (χ4n) is 3.97. The Hall–Kier alpha value is -2.18. The number of carbonyl (C=O) groups is 1. The van der Waals surface area contributed by atoms with Gasteiger partial charge in [0.1, 0.15) is 0 Å². The van der Waals surface area contributed by atoms with Gasteiger partial charge in [-0.1, -0.05) is 49.6 Å². The van der Waals surface area contributed by atoms with E-state index in [0.29, 0.717) is 29.2 Å². The Morgan fingerprint density at radius 1 is 1.07 bits per heavy atom. The lowest BCUT2D eigenvalue weighted by Gasteiger charge is -2.21. The molecule has 0 unspecified atom stereocenters. The highest BCUT2D eigenvalue weighted by molar-refractivity contribution is 7.88. The molecule has 0 spiro atoms. The SMILES string of the molecule is COC(=O)c1ccc(CS(=O)(=O)NCC2CCCCC2)cc1-c1ccccc1C. The molecule has 1 aliphatic rings. The number of esters is 1. The number of nitrogens with one attached hydrogen (secondary N) is 1. The molecule has 0 atom stereocenters. The lowest BCUT2D eigenvalue weighted by molar-refractivity contribution is 0.0601. The monoisotopic (exact) mass is 415 g/mol. The summed E-state index contributed by atoms with van der Waals surface area (Å²) in [6.07, 6.45) is 5.79. The van der Waals surface area contributed by atoms with Gasteiger partial charge in [0.25, 0.3) is 0 Å². The molecule has 2 aromatic carbocycles. The van der Waals surface area contributed by atoms with Gasteiger partial charge in [0.05, 0.1) is 18.4 Å². The minimum atomic E-state index is -3.45. The van der Waals surface area contributed by atoms with Crippen molar-refractivity contribution < 1.29 is 17.9 Å². The molecule has 2 aromatic rings. The van der Waals surface area contributed by atoms with E-state index in [4.69, 9.17) is 4.74 Å². The van der Waals surface area contributed by atoms with Crippen molar-refractivity contribution in [3.05, 3.63) is 59.2 Å². The van der Waals surface area contributed by atoms with Crippen LogP contribution in [0.15, 0.2) is 42.5 Å². The molecule has 1 aliphatic carbocycles. The number of benzene rings is 2. The normalized spacial score (nSPS) is 15.2. The minimum Gasteiger partial charge on any atom is -0.465 e. The van der Waals surface area contributed by atoms with Crippen molar-refractivity contribution in [1.82, 2.24) is 4.72 Å². The van der Waals surface area contributed by atoms with Crippen LogP contribution in [0.3, 0.4) is 0 Å². The smallest absolute Gasteiger partial charge is 0.338 e. The second-order valence-corrected chi connectivity index (χ2v) is 9.60. The van der Waals surface area contributed by atoms with Crippen molar-refractivity contribution in [2.75, 3.05) is 13.7 Å². The molecule has 0 heterocycles. The van der Waals surface area contributed by atoms with Crippen LogP contribution in [0.4, 0.5) is 0 Å². The van der Waals surface area contributed by atoms with E-state index in [1.165, 1.54) is 26.4 Å². The Labute approximate surface area is 173 Å². The van der Waals surface area contributed by atoms with Crippen LogP contribution in [0.25, 0.3) is 11.1 Å². The number of carbonyl (C=O) groups excluding carboxylic acids is 1. The van der Waals surface area contributed by atoms with E-state index < -0.39 is 16.0 Å². The third-order valence-electron chi connectivity index (χ3n) is 5.60. The van der Waals surface area contributed by atoms with Crippen molar-refractivity contribution in [3.8, 4) is 11.1 Å². The fourth-order valence-corrected chi connectivity index (χ4v) is 5.18. The van der Waals surface area contributed by atoms with Crippen LogP contribution in [-0.4, -0.2) is 28.0 Å². The molecule has 6 heteroatoms. The van der Waals surface area contributed by atoms with Crippen LogP contribution in [0.5, 0.6) is 0 Å². The molecule has 1 fully saturated rings. The Morgan fingerprint density at radius 2 is 1.79 bits per heavy atom. The van der Waals surface area contributed by atoms with E-state index >= 15 is 0 Å². The van der Waals surface area contributed by atoms with Crippen LogP contribution in [-0.2, 0) is 20.5 Å². The van der Waals surface area contributed by atoms with E-state index in [1.54, 1.807) is 18.2 Å². The predicted molar refractivity (Wildman–Crippen MR) is 115 cm³/mol. The van der Waals surface area contributed by atoms with E-state index in [2.05, 4.69) is 4.72 Å². The molecule has 3 rings (SSSR count). The number of sulfonamides is 1. The lowest BCUT2D eigenvalue weighted by Crippen LogP contribution is -2.31. The van der Waals surface area contributed by atoms with Gasteiger partial charge in [-0.3, -0.25) is 0 Å². The molecule has 1 N–H and O–H groups in total. The summed E-state index contributed by atoms with van der Waals surface area (Å²) in [6, 6.07) is 12.9. The first kappa shape index (κ1) is 21.5. The summed E-state index contributed by atoms with van der Waals surface area (Å²) in [7, 11) is -2.10. The first-order valence-corrected chi connectivity index (χ1v) is 11.8. The number of hydrogen-bond donors (Lipinski definition) is 1. The summed E-state index contributed by atoms with van der Waals surface area (Å²) in [5, 5.41) is 0. The molecule has 0 bridgehead atoms. The minimum absolute atomic E-state index is 0.111. The van der Waals surface area contributed by atoms with Crippen molar-refractivity contribution in [2.24, 2.45) is 5.92 Å². The second kappa shape index (κ2) is 9.55. The van der Waals surface area contributed by atoms with E-state index in [1.807, 2.05) is 31.2 Å². The molecular formula is C23H29NO4S. The van der Waals surface area contributed by atoms with E-state index in [0.717, 1.165) is 24.0 Å². The number of hydrogen-bond acceptors (Lipinski definition) is 4. The summed E-state index contributed by atoms with van der Waals surface area (Å²) < 4.78 is 33.0. The van der Waals surface area contributed by atoms with Crippen molar-refractivity contribution in [2.45, 2.75) is 44.8 Å². The highest BCUT2D eigenvalue weighted by Crippen LogP contribution is 2.29. The van der Waals surface area contributed by atoms with Gasteiger partial charge in [0.2, 0.25) is 10.0 Å². The Bertz CT molecular complexity index is 963. The van der Waals surface area contributed by atoms with Gasteiger partial charge in [-0.25, -0.2) is 17.9 Å². The first-order valence-electron chi connectivity index (χ1n) is 10.1. The molecule has 0 aliphatic heterocycles. The third kappa shape index (κ3) is 5.67. The average molecular weight is 416 g/mol. The first-order chi connectivity index (χ1) is 13.9. The van der Waals surface area contributed by atoms with Crippen LogP contribution < -0.4 is 4.72 Å². The average Bonchev–Trinajstić information content (AvgIpc) is 2.72. The second-order valence-electron chi connectivity index (χ2n) is 7.80. The molecule has 1 saturated carbocycles. The molecule has 0 radical (unpaired) electrons. The van der Waals surface area contributed by atoms with Gasteiger partial charge in [-0.2, -0.15) is 0 Å². The maximum absolute atomic E-state index is 12.6. The Morgan fingerprint density at radius 3 is 2.48 bits per heavy atom. The number of aryl methyl sites for hydroxylation is 1. The molecule has 0 aromatic heterocycles. The zero-order valence-electron chi connectivity index (χ0n) is 17.1. The van der Waals surface area contributed by atoms with Crippen molar-refractivity contribution in [1.29, 1.82) is 0 Å². The van der Waals surface area contributed by atoms with Crippen LogP contribution in [0, 0.1) is 12.8 Å². The zero-order valence-corrected chi connectivity index (χ0v) is 17.9. The Balaban J connectivity index is 1.83. The standard InChI is InChI=1S/C23H29NO4S/c1-17-8-6-7-11-20(17)22-14-19(12-13-21(22)23(25)28-2)16-29(26,27)24-15-18-9-4-3-5-10-18/h6-8,11-14,18,24H,3-5,9-10,15-16H2,1-2H3. The van der Waals surface area contributed by atoms with Gasteiger partial charge >= 0.3 is 5.97 Å². The zero-order chi connectivity index (χ0) is 20.9. The summed E-state index contributed by atoms with van der Waals surface area (Å²) in [5.74, 6) is -0.115. The summed E-state index contributed by atoms with van der Waals surface area (Å²) in [6.45, 7) is 2.47. The van der Waals surface area contributed by atoms with Crippen LogP contribution in [0.2, 0.25) is 0 Å². The number of methoxy groups -OCH3 is 1. The van der Waals surface area contributed by atoms with Gasteiger partial charge < -0.3 is 4.74 Å². The predicted octanol–water partition coefficient (Wildman–Crippen LogP) is 4.45. The van der Waals surface area contributed by atoms with E-state index in [-0.39, 0.29) is 5.75 Å². The quantitative estimate of drug-likeness (QED) is 0.678. The maximum atomic E-state index is 12.6. The van der Waals surface area contributed by atoms with Crippen molar-refractivity contribution in [3.63, 3.8) is 0 Å².